The first-order valence-corrected chi connectivity index (χ1v) is 2.12. The SMILES string of the molecule is CC(C)(F)C(=O)NO. The van der Waals surface area contributed by atoms with Gasteiger partial charge < -0.3 is 0 Å². The molecule has 4 heteroatoms. The molecule has 0 spiro atoms. The first-order valence-electron chi connectivity index (χ1n) is 2.12. The van der Waals surface area contributed by atoms with E-state index in [0.717, 1.165) is 13.8 Å². The molecule has 8 heavy (non-hydrogen) atoms. The van der Waals surface area contributed by atoms with Gasteiger partial charge in [-0.15, -0.1) is 0 Å². The largest absolute Gasteiger partial charge is 0.289 e. The average Bonchev–Trinajstić information content (AvgIpc) is 1.62. The number of carbonyl (C=O) groups excluding carboxylic acids is 1. The number of halogens is 1. The van der Waals surface area contributed by atoms with E-state index in [0.29, 0.717) is 0 Å². The lowest BCUT2D eigenvalue weighted by molar-refractivity contribution is -0.139. The molecule has 0 aromatic carbocycles. The average molecular weight is 121 g/mol. The Bertz CT molecular complexity index is 96.7. The molecule has 1 amide bonds. The number of nitrogens with one attached hydrogen (secondary N) is 1. The van der Waals surface area contributed by atoms with Crippen LogP contribution < -0.4 is 5.48 Å². The van der Waals surface area contributed by atoms with Gasteiger partial charge in [-0.25, -0.2) is 9.87 Å². The molecule has 0 bridgehead atoms. The van der Waals surface area contributed by atoms with Crippen LogP contribution >= 0.6 is 0 Å². The molecule has 0 fully saturated rings. The van der Waals surface area contributed by atoms with Gasteiger partial charge in [0.05, 0.1) is 0 Å². The van der Waals surface area contributed by atoms with Crippen LogP contribution in [0.5, 0.6) is 0 Å². The molecule has 0 aromatic rings. The zero-order valence-corrected chi connectivity index (χ0v) is 4.73. The van der Waals surface area contributed by atoms with Gasteiger partial charge in [-0.2, -0.15) is 0 Å². The Morgan fingerprint density at radius 1 is 1.75 bits per heavy atom. The minimum Gasteiger partial charge on any atom is -0.289 e. The van der Waals surface area contributed by atoms with Crippen molar-refractivity contribution in [2.75, 3.05) is 0 Å². The quantitative estimate of drug-likeness (QED) is 0.385. The van der Waals surface area contributed by atoms with Gasteiger partial charge in [-0.1, -0.05) is 0 Å². The van der Waals surface area contributed by atoms with Gasteiger partial charge in [0.15, 0.2) is 5.67 Å². The predicted molar refractivity (Wildman–Crippen MR) is 25.1 cm³/mol. The summed E-state index contributed by atoms with van der Waals surface area (Å²) in [6.45, 7) is 2.11. The molecule has 0 unspecified atom stereocenters. The normalized spacial score (nSPS) is 11.0. The summed E-state index contributed by atoms with van der Waals surface area (Å²) in [4.78, 5) is 10.1. The number of hydroxylamine groups is 1. The van der Waals surface area contributed by atoms with Crippen molar-refractivity contribution in [2.24, 2.45) is 0 Å². The molecule has 0 atom stereocenters. The fraction of sp³-hybridized carbons (Fsp3) is 0.750. The maximum atomic E-state index is 12.2. The van der Waals surface area contributed by atoms with Crippen LogP contribution in [-0.2, 0) is 4.79 Å². The van der Waals surface area contributed by atoms with Crippen molar-refractivity contribution in [3.8, 4) is 0 Å². The maximum absolute atomic E-state index is 12.2. The molecular weight excluding hydrogens is 113 g/mol. The predicted octanol–water partition coefficient (Wildman–Crippen LogP) is 0.240. The van der Waals surface area contributed by atoms with Crippen molar-refractivity contribution in [2.45, 2.75) is 19.5 Å². The molecule has 0 aliphatic heterocycles. The summed E-state index contributed by atoms with van der Waals surface area (Å²) in [6, 6.07) is 0. The van der Waals surface area contributed by atoms with Crippen LogP contribution in [0.1, 0.15) is 13.8 Å². The third-order valence-corrected chi connectivity index (χ3v) is 0.641. The number of amides is 1. The Labute approximate surface area is 46.5 Å². The van der Waals surface area contributed by atoms with Gasteiger partial charge in [0.1, 0.15) is 0 Å². The molecule has 3 nitrogen and oxygen atoms in total. The monoisotopic (exact) mass is 121 g/mol. The van der Waals surface area contributed by atoms with Gasteiger partial charge in [0.25, 0.3) is 5.91 Å². The van der Waals surface area contributed by atoms with Crippen molar-refractivity contribution in [3.05, 3.63) is 0 Å². The molecular formula is C4H8FNO2. The number of carbonyl (C=O) groups is 1. The van der Waals surface area contributed by atoms with Crippen molar-refractivity contribution >= 4 is 5.91 Å². The molecule has 0 aliphatic carbocycles. The van der Waals surface area contributed by atoms with E-state index in [1.165, 1.54) is 5.48 Å². The van der Waals surface area contributed by atoms with Crippen molar-refractivity contribution in [1.82, 2.24) is 5.48 Å². The van der Waals surface area contributed by atoms with E-state index in [-0.39, 0.29) is 0 Å². The highest BCUT2D eigenvalue weighted by molar-refractivity contribution is 5.82. The second-order valence-corrected chi connectivity index (χ2v) is 1.91. The highest BCUT2D eigenvalue weighted by atomic mass is 19.1. The summed E-state index contributed by atoms with van der Waals surface area (Å²) in [6.07, 6.45) is 0. The van der Waals surface area contributed by atoms with Gasteiger partial charge in [0, 0.05) is 0 Å². The topological polar surface area (TPSA) is 49.3 Å². The summed E-state index contributed by atoms with van der Waals surface area (Å²) in [5.41, 5.74) is -0.800. The summed E-state index contributed by atoms with van der Waals surface area (Å²) in [5.74, 6) is -1.03. The molecule has 0 heterocycles. The zero-order valence-electron chi connectivity index (χ0n) is 4.73. The maximum Gasteiger partial charge on any atom is 0.280 e. The lowest BCUT2D eigenvalue weighted by Crippen LogP contribution is -2.36. The van der Waals surface area contributed by atoms with Crippen LogP contribution in [0, 0.1) is 0 Å². The lowest BCUT2D eigenvalue weighted by Gasteiger charge is -2.08. The summed E-state index contributed by atoms with van der Waals surface area (Å²) >= 11 is 0. The van der Waals surface area contributed by atoms with Gasteiger partial charge in [0.2, 0.25) is 0 Å². The van der Waals surface area contributed by atoms with Gasteiger partial charge in [-0.3, -0.25) is 10.0 Å². The van der Waals surface area contributed by atoms with E-state index < -0.39 is 11.6 Å². The lowest BCUT2D eigenvalue weighted by atomic mass is 10.2. The third kappa shape index (κ3) is 1.88. The van der Waals surface area contributed by atoms with E-state index in [2.05, 4.69) is 0 Å². The Hall–Kier alpha value is -0.640. The van der Waals surface area contributed by atoms with E-state index in [1.54, 1.807) is 0 Å². The molecule has 0 saturated carbocycles. The van der Waals surface area contributed by atoms with Crippen molar-refractivity contribution < 1.29 is 14.4 Å². The molecule has 48 valence electrons. The van der Waals surface area contributed by atoms with Gasteiger partial charge in [-0.05, 0) is 13.8 Å². The molecule has 0 saturated heterocycles. The van der Waals surface area contributed by atoms with E-state index >= 15 is 0 Å². The van der Waals surface area contributed by atoms with Crippen LogP contribution in [0.4, 0.5) is 4.39 Å². The summed E-state index contributed by atoms with van der Waals surface area (Å²) < 4.78 is 12.2. The molecule has 0 rings (SSSR count). The highest BCUT2D eigenvalue weighted by Crippen LogP contribution is 2.06. The van der Waals surface area contributed by atoms with E-state index in [9.17, 15) is 9.18 Å². The Morgan fingerprint density at radius 3 is 2.12 bits per heavy atom. The zero-order chi connectivity index (χ0) is 6.78. The summed E-state index contributed by atoms with van der Waals surface area (Å²) in [5, 5.41) is 7.83. The number of hydrogen-bond acceptors (Lipinski definition) is 2. The highest BCUT2D eigenvalue weighted by Gasteiger charge is 2.25. The second-order valence-electron chi connectivity index (χ2n) is 1.91. The van der Waals surface area contributed by atoms with Crippen LogP contribution in [0.25, 0.3) is 0 Å². The van der Waals surface area contributed by atoms with E-state index in [1.807, 2.05) is 0 Å². The Kier molecular flexibility index (Phi) is 1.92. The molecule has 0 radical (unpaired) electrons. The minimum atomic E-state index is -1.99. The fourth-order valence-electron chi connectivity index (χ4n) is 0.133. The second kappa shape index (κ2) is 2.09. The first kappa shape index (κ1) is 7.36. The number of rotatable bonds is 1. The van der Waals surface area contributed by atoms with Crippen LogP contribution in [-0.4, -0.2) is 16.8 Å². The molecule has 2 N–H and O–H groups in total. The van der Waals surface area contributed by atoms with Crippen LogP contribution in [0.3, 0.4) is 0 Å². The number of alkyl halides is 1. The van der Waals surface area contributed by atoms with E-state index in [4.69, 9.17) is 5.21 Å². The summed E-state index contributed by atoms with van der Waals surface area (Å²) in [7, 11) is 0. The third-order valence-electron chi connectivity index (χ3n) is 0.641. The molecule has 0 aromatic heterocycles. The Morgan fingerprint density at radius 2 is 2.12 bits per heavy atom. The van der Waals surface area contributed by atoms with Crippen LogP contribution in [0.2, 0.25) is 0 Å². The minimum absolute atomic E-state index is 1.03. The van der Waals surface area contributed by atoms with Crippen molar-refractivity contribution in [1.29, 1.82) is 0 Å². The fourth-order valence-corrected chi connectivity index (χ4v) is 0.133. The smallest absolute Gasteiger partial charge is 0.280 e. The Balaban J connectivity index is 3.82. The standard InChI is InChI=1S/C4H8FNO2/c1-4(2,5)3(7)6-8/h8H,1-2H3,(H,6,7). The first-order chi connectivity index (χ1) is 3.48. The van der Waals surface area contributed by atoms with Gasteiger partial charge >= 0.3 is 0 Å². The molecule has 0 aliphatic rings. The van der Waals surface area contributed by atoms with Crippen molar-refractivity contribution in [3.63, 3.8) is 0 Å². The number of hydrogen-bond donors (Lipinski definition) is 2. The van der Waals surface area contributed by atoms with Crippen LogP contribution in [0.15, 0.2) is 0 Å².